The predicted molar refractivity (Wildman–Crippen MR) is 196 cm³/mol. The Morgan fingerprint density at radius 1 is 0.923 bits per heavy atom. The van der Waals surface area contributed by atoms with Crippen LogP contribution < -0.4 is 10.6 Å². The van der Waals surface area contributed by atoms with Gasteiger partial charge in [0.15, 0.2) is 6.29 Å². The molecule has 2 amide bonds. The summed E-state index contributed by atoms with van der Waals surface area (Å²) in [5.41, 5.74) is 6.44. The van der Waals surface area contributed by atoms with E-state index >= 15 is 0 Å². The number of aromatic nitrogens is 4. The molecule has 1 aromatic heterocycles. The Hall–Kier alpha value is -5.08. The zero-order valence-electron chi connectivity index (χ0n) is 29.2. The number of benzene rings is 4. The summed E-state index contributed by atoms with van der Waals surface area (Å²) in [4.78, 5) is 25.4. The van der Waals surface area contributed by atoms with Gasteiger partial charge in [0.1, 0.15) is 6.04 Å². The molecule has 0 bridgehead atoms. The van der Waals surface area contributed by atoms with E-state index in [4.69, 9.17) is 14.2 Å². The maximum absolute atomic E-state index is 13.0. The molecular formula is C39H42N6O6S. The molecule has 1 fully saturated rings. The van der Waals surface area contributed by atoms with Crippen molar-refractivity contribution in [1.29, 1.82) is 0 Å². The van der Waals surface area contributed by atoms with Crippen LogP contribution in [0.5, 0.6) is 0 Å². The van der Waals surface area contributed by atoms with Crippen molar-refractivity contribution in [2.75, 3.05) is 12.9 Å². The molecule has 5 atom stereocenters. The summed E-state index contributed by atoms with van der Waals surface area (Å²) in [6.45, 7) is 2.34. The second kappa shape index (κ2) is 17.4. The molecule has 52 heavy (non-hydrogen) atoms. The number of hydrogen-bond acceptors (Lipinski definition) is 10. The highest BCUT2D eigenvalue weighted by molar-refractivity contribution is 7.99. The molecule has 1 aliphatic rings. The molecule has 13 heteroatoms. The molecule has 0 aliphatic carbocycles. The number of aryl methyl sites for hydroxylation is 1. The largest absolute Gasteiger partial charge is 0.467 e. The summed E-state index contributed by atoms with van der Waals surface area (Å²) in [5.74, 6) is 0.125. The Bertz CT molecular complexity index is 1920. The normalized spacial score (nSPS) is 19.1. The first kappa shape index (κ1) is 36.7. The van der Waals surface area contributed by atoms with Crippen LogP contribution in [0.1, 0.15) is 47.1 Å². The zero-order chi connectivity index (χ0) is 36.5. The van der Waals surface area contributed by atoms with Crippen molar-refractivity contribution in [3.05, 3.63) is 131 Å². The fraction of sp³-hybridized carbons (Fsp3) is 0.308. The SMILES string of the molecule is COC(=O)C(Cc1ccccc1)NC(=O)NCc1ccccc1-c1ccc(C2OC(CSc3nnnn3C)C(C)C(c3ccc(CO)cc3)O2)cc1. The number of esters is 1. The lowest BCUT2D eigenvalue weighted by Gasteiger charge is -2.41. The van der Waals surface area contributed by atoms with E-state index < -0.39 is 24.3 Å². The maximum Gasteiger partial charge on any atom is 0.328 e. The lowest BCUT2D eigenvalue weighted by atomic mass is 9.91. The van der Waals surface area contributed by atoms with Crippen LogP contribution in [-0.4, -0.2) is 62.3 Å². The zero-order valence-corrected chi connectivity index (χ0v) is 30.0. The lowest BCUT2D eigenvalue weighted by Crippen LogP contribution is -2.47. The summed E-state index contributed by atoms with van der Waals surface area (Å²) in [6, 6.07) is 31.9. The van der Waals surface area contributed by atoms with Gasteiger partial charge in [-0.2, -0.15) is 0 Å². The fourth-order valence-electron chi connectivity index (χ4n) is 6.16. The van der Waals surface area contributed by atoms with Crippen molar-refractivity contribution in [3.8, 4) is 11.1 Å². The number of tetrazole rings is 1. The third kappa shape index (κ3) is 9.04. The summed E-state index contributed by atoms with van der Waals surface area (Å²) in [6.07, 6.45) is -0.742. The van der Waals surface area contributed by atoms with E-state index in [0.29, 0.717) is 17.3 Å². The molecule has 5 unspecified atom stereocenters. The number of aliphatic hydroxyl groups is 1. The van der Waals surface area contributed by atoms with Gasteiger partial charge < -0.3 is 30.0 Å². The standard InChI is InChI=1S/C39H42N6O6S/c1-25-34(24-52-39-42-43-44-45(39)2)50-37(51-35(25)29-15-13-27(23-46)14-16-29)30-19-17-28(18-20-30)32-12-8-7-11-31(32)22-40-38(48)41-33(36(47)49-3)21-26-9-5-4-6-10-26/h4-20,25,33-35,37,46H,21-24H2,1-3H3,(H2,40,41,48). The fourth-order valence-corrected chi connectivity index (χ4v) is 7.17. The first-order valence-corrected chi connectivity index (χ1v) is 18.0. The molecule has 5 aromatic rings. The van der Waals surface area contributed by atoms with Crippen LogP contribution in [0.4, 0.5) is 4.79 Å². The minimum Gasteiger partial charge on any atom is -0.467 e. The van der Waals surface area contributed by atoms with Crippen LogP contribution in [0.3, 0.4) is 0 Å². The maximum atomic E-state index is 13.0. The number of carbonyl (C=O) groups excluding carboxylic acids is 2. The number of carbonyl (C=O) groups is 2. The molecule has 0 radical (unpaired) electrons. The van der Waals surface area contributed by atoms with Crippen LogP contribution in [-0.2, 0) is 45.6 Å². The Morgan fingerprint density at radius 2 is 1.63 bits per heavy atom. The first-order chi connectivity index (χ1) is 25.3. The van der Waals surface area contributed by atoms with Gasteiger partial charge in [0.25, 0.3) is 0 Å². The molecule has 0 saturated carbocycles. The Labute approximate surface area is 306 Å². The second-order valence-electron chi connectivity index (χ2n) is 12.6. The van der Waals surface area contributed by atoms with Crippen molar-refractivity contribution >= 4 is 23.8 Å². The highest BCUT2D eigenvalue weighted by Gasteiger charge is 2.38. The summed E-state index contributed by atoms with van der Waals surface area (Å²) in [5, 5.41) is 27.8. The second-order valence-corrected chi connectivity index (χ2v) is 13.6. The van der Waals surface area contributed by atoms with Crippen molar-refractivity contribution < 1.29 is 28.9 Å². The van der Waals surface area contributed by atoms with Gasteiger partial charge >= 0.3 is 12.0 Å². The van der Waals surface area contributed by atoms with E-state index in [0.717, 1.165) is 38.9 Å². The average Bonchev–Trinajstić information content (AvgIpc) is 3.60. The Kier molecular flexibility index (Phi) is 12.3. The summed E-state index contributed by atoms with van der Waals surface area (Å²) >= 11 is 1.53. The smallest absolute Gasteiger partial charge is 0.328 e. The van der Waals surface area contributed by atoms with Gasteiger partial charge in [0.05, 0.1) is 25.9 Å². The van der Waals surface area contributed by atoms with Crippen LogP contribution in [0, 0.1) is 5.92 Å². The van der Waals surface area contributed by atoms with Gasteiger partial charge in [-0.3, -0.25) is 0 Å². The number of rotatable bonds is 13. The molecule has 0 spiro atoms. The minimum atomic E-state index is -0.830. The molecular weight excluding hydrogens is 681 g/mol. The monoisotopic (exact) mass is 722 g/mol. The highest BCUT2D eigenvalue weighted by Crippen LogP contribution is 2.43. The number of methoxy groups -OCH3 is 1. The molecule has 1 aliphatic heterocycles. The highest BCUT2D eigenvalue weighted by atomic mass is 32.2. The molecule has 270 valence electrons. The number of aliphatic hydroxyl groups excluding tert-OH is 1. The topological polar surface area (TPSA) is 150 Å². The van der Waals surface area contributed by atoms with E-state index in [9.17, 15) is 14.7 Å². The molecule has 6 rings (SSSR count). The van der Waals surface area contributed by atoms with E-state index in [-0.39, 0.29) is 31.3 Å². The van der Waals surface area contributed by atoms with E-state index in [1.807, 2.05) is 110 Å². The van der Waals surface area contributed by atoms with E-state index in [1.54, 1.807) is 4.68 Å². The summed E-state index contributed by atoms with van der Waals surface area (Å²) < 4.78 is 19.8. The van der Waals surface area contributed by atoms with Crippen LogP contribution in [0.15, 0.2) is 108 Å². The van der Waals surface area contributed by atoms with Crippen LogP contribution in [0.2, 0.25) is 0 Å². The number of nitrogens with zero attached hydrogens (tertiary/aromatic N) is 4. The molecule has 4 aromatic carbocycles. The molecule has 1 saturated heterocycles. The first-order valence-electron chi connectivity index (χ1n) is 17.0. The van der Waals surface area contributed by atoms with Crippen LogP contribution >= 0.6 is 11.8 Å². The van der Waals surface area contributed by atoms with Crippen molar-refractivity contribution in [2.24, 2.45) is 13.0 Å². The number of urea groups is 1. The third-order valence-corrected chi connectivity index (χ3v) is 10.2. The van der Waals surface area contributed by atoms with Gasteiger partial charge in [0.2, 0.25) is 5.16 Å². The number of amides is 2. The number of ether oxygens (including phenoxy) is 3. The van der Waals surface area contributed by atoms with E-state index in [2.05, 4.69) is 33.1 Å². The number of thioether (sulfide) groups is 1. The number of hydrogen-bond donors (Lipinski definition) is 3. The van der Waals surface area contributed by atoms with Gasteiger partial charge in [-0.05, 0) is 43.8 Å². The molecule has 3 N–H and O–H groups in total. The van der Waals surface area contributed by atoms with E-state index in [1.165, 1.54) is 18.9 Å². The van der Waals surface area contributed by atoms with Gasteiger partial charge in [-0.15, -0.1) is 5.10 Å². The summed E-state index contributed by atoms with van der Waals surface area (Å²) in [7, 11) is 3.12. The Balaban J connectivity index is 1.15. The van der Waals surface area contributed by atoms with Gasteiger partial charge in [-0.1, -0.05) is 122 Å². The van der Waals surface area contributed by atoms with Crippen molar-refractivity contribution in [3.63, 3.8) is 0 Å². The van der Waals surface area contributed by atoms with Gasteiger partial charge in [-0.25, -0.2) is 14.3 Å². The van der Waals surface area contributed by atoms with Crippen molar-refractivity contribution in [1.82, 2.24) is 30.8 Å². The Morgan fingerprint density at radius 3 is 2.33 bits per heavy atom. The van der Waals surface area contributed by atoms with Gasteiger partial charge in [0, 0.05) is 37.2 Å². The van der Waals surface area contributed by atoms with Crippen LogP contribution in [0.25, 0.3) is 11.1 Å². The lowest BCUT2D eigenvalue weighted by molar-refractivity contribution is -0.268. The number of nitrogens with one attached hydrogen (secondary N) is 2. The minimum absolute atomic E-state index is 0.0157. The molecule has 2 heterocycles. The molecule has 12 nitrogen and oxygen atoms in total. The average molecular weight is 723 g/mol. The predicted octanol–water partition coefficient (Wildman–Crippen LogP) is 5.54. The quantitative estimate of drug-likeness (QED) is 0.105. The third-order valence-electron chi connectivity index (χ3n) is 9.11. The van der Waals surface area contributed by atoms with Crippen molar-refractivity contribution in [2.45, 2.75) is 56.2 Å².